The second kappa shape index (κ2) is 8.47. The number of benzene rings is 2. The van der Waals surface area contributed by atoms with E-state index in [4.69, 9.17) is 4.74 Å². The summed E-state index contributed by atoms with van der Waals surface area (Å²) in [7, 11) is 1.67. The Bertz CT molecular complexity index is 701. The summed E-state index contributed by atoms with van der Waals surface area (Å²) in [5, 5.41) is 6.53. The Morgan fingerprint density at radius 2 is 1.69 bits per heavy atom. The zero-order valence-corrected chi connectivity index (χ0v) is 15.6. The molecule has 2 N–H and O–H groups in total. The predicted molar refractivity (Wildman–Crippen MR) is 105 cm³/mol. The van der Waals surface area contributed by atoms with Crippen molar-refractivity contribution in [3.05, 3.63) is 60.2 Å². The molecular formula is C22H28N2O2. The minimum absolute atomic E-state index is 0.0315. The van der Waals surface area contributed by atoms with Gasteiger partial charge < -0.3 is 15.4 Å². The minimum Gasteiger partial charge on any atom is -0.384 e. The van der Waals surface area contributed by atoms with Crippen molar-refractivity contribution in [2.75, 3.05) is 26.8 Å². The van der Waals surface area contributed by atoms with Gasteiger partial charge in [0.15, 0.2) is 0 Å². The molecule has 0 radical (unpaired) electrons. The van der Waals surface area contributed by atoms with E-state index in [1.165, 1.54) is 11.1 Å². The van der Waals surface area contributed by atoms with Gasteiger partial charge in [-0.1, -0.05) is 54.6 Å². The largest absolute Gasteiger partial charge is 0.384 e. The molecule has 2 aromatic carbocycles. The highest BCUT2D eigenvalue weighted by molar-refractivity contribution is 5.83. The van der Waals surface area contributed by atoms with Crippen LogP contribution in [0.5, 0.6) is 0 Å². The number of carbonyl (C=O) groups excluding carboxylic acids is 1. The minimum atomic E-state index is -0.418. The smallest absolute Gasteiger partial charge is 0.229 e. The van der Waals surface area contributed by atoms with E-state index in [9.17, 15) is 4.79 Å². The normalized spacial score (nSPS) is 17.5. The van der Waals surface area contributed by atoms with Gasteiger partial charge in [-0.15, -0.1) is 0 Å². The van der Waals surface area contributed by atoms with Gasteiger partial charge >= 0.3 is 0 Å². The third-order valence-corrected chi connectivity index (χ3v) is 5.33. The molecule has 1 heterocycles. The number of hydrogen-bond acceptors (Lipinski definition) is 3. The highest BCUT2D eigenvalue weighted by atomic mass is 16.5. The van der Waals surface area contributed by atoms with Crippen molar-refractivity contribution < 1.29 is 9.53 Å². The van der Waals surface area contributed by atoms with E-state index in [0.717, 1.165) is 31.5 Å². The summed E-state index contributed by atoms with van der Waals surface area (Å²) in [6, 6.07) is 18.7. The summed E-state index contributed by atoms with van der Waals surface area (Å²) in [4.78, 5) is 13.0. The lowest BCUT2D eigenvalue weighted by atomic mass is 9.78. The lowest BCUT2D eigenvalue weighted by Gasteiger charge is -2.36. The zero-order chi connectivity index (χ0) is 18.4. The van der Waals surface area contributed by atoms with E-state index in [1.807, 2.05) is 25.1 Å². The van der Waals surface area contributed by atoms with E-state index < -0.39 is 5.41 Å². The van der Waals surface area contributed by atoms with Crippen molar-refractivity contribution in [2.45, 2.75) is 25.8 Å². The lowest BCUT2D eigenvalue weighted by molar-refractivity contribution is -0.136. The molecule has 4 heteroatoms. The molecule has 2 aromatic rings. The van der Waals surface area contributed by atoms with Gasteiger partial charge in [0.25, 0.3) is 0 Å². The van der Waals surface area contributed by atoms with Crippen LogP contribution in [0.4, 0.5) is 0 Å². The Morgan fingerprint density at radius 3 is 2.31 bits per heavy atom. The molecule has 1 unspecified atom stereocenters. The zero-order valence-electron chi connectivity index (χ0n) is 15.6. The van der Waals surface area contributed by atoms with E-state index in [1.54, 1.807) is 7.11 Å². The molecule has 0 aliphatic carbocycles. The summed E-state index contributed by atoms with van der Waals surface area (Å²) in [6.45, 7) is 4.23. The summed E-state index contributed by atoms with van der Waals surface area (Å²) in [5.74, 6) is 0.0977. The number of piperidine rings is 1. The van der Waals surface area contributed by atoms with Gasteiger partial charge in [-0.05, 0) is 49.5 Å². The molecule has 0 saturated carbocycles. The van der Waals surface area contributed by atoms with Crippen molar-refractivity contribution in [1.82, 2.24) is 10.6 Å². The first-order chi connectivity index (χ1) is 12.6. The van der Waals surface area contributed by atoms with Crippen LogP contribution >= 0.6 is 0 Å². The van der Waals surface area contributed by atoms with Crippen LogP contribution in [0.15, 0.2) is 54.6 Å². The van der Waals surface area contributed by atoms with Gasteiger partial charge in [0.1, 0.15) is 0 Å². The van der Waals surface area contributed by atoms with Gasteiger partial charge in [0.05, 0.1) is 18.1 Å². The van der Waals surface area contributed by atoms with Crippen molar-refractivity contribution in [1.29, 1.82) is 0 Å². The van der Waals surface area contributed by atoms with E-state index in [0.29, 0.717) is 6.61 Å². The van der Waals surface area contributed by atoms with Crippen LogP contribution in [0.1, 0.15) is 31.4 Å². The van der Waals surface area contributed by atoms with Crippen LogP contribution in [0.3, 0.4) is 0 Å². The SMILES string of the molecule is COCC1(C(=O)NC(C)c2ccc(-c3ccccc3)cc2)CCNCC1. The van der Waals surface area contributed by atoms with E-state index in [2.05, 4.69) is 47.0 Å². The summed E-state index contributed by atoms with van der Waals surface area (Å²) in [5.41, 5.74) is 3.07. The first-order valence-electron chi connectivity index (χ1n) is 9.31. The van der Waals surface area contributed by atoms with Gasteiger partial charge in [0.2, 0.25) is 5.91 Å². The number of carbonyl (C=O) groups is 1. The van der Waals surface area contributed by atoms with Gasteiger partial charge in [0, 0.05) is 7.11 Å². The van der Waals surface area contributed by atoms with E-state index >= 15 is 0 Å². The first kappa shape index (κ1) is 18.6. The number of ether oxygens (including phenoxy) is 1. The molecule has 0 aromatic heterocycles. The average molecular weight is 352 g/mol. The Morgan fingerprint density at radius 1 is 1.08 bits per heavy atom. The van der Waals surface area contributed by atoms with E-state index in [-0.39, 0.29) is 11.9 Å². The van der Waals surface area contributed by atoms with Gasteiger partial charge in [-0.25, -0.2) is 0 Å². The van der Waals surface area contributed by atoms with Crippen LogP contribution in [0.25, 0.3) is 11.1 Å². The first-order valence-corrected chi connectivity index (χ1v) is 9.31. The number of hydrogen-bond donors (Lipinski definition) is 2. The summed E-state index contributed by atoms with van der Waals surface area (Å²) >= 11 is 0. The lowest BCUT2D eigenvalue weighted by Crippen LogP contribution is -2.50. The van der Waals surface area contributed by atoms with Crippen LogP contribution in [-0.2, 0) is 9.53 Å². The molecule has 4 nitrogen and oxygen atoms in total. The molecule has 1 fully saturated rings. The van der Waals surface area contributed by atoms with Gasteiger partial charge in [-0.3, -0.25) is 4.79 Å². The third-order valence-electron chi connectivity index (χ3n) is 5.33. The Balaban J connectivity index is 1.69. The molecule has 3 rings (SSSR count). The van der Waals surface area contributed by atoms with Crippen LogP contribution in [0, 0.1) is 5.41 Å². The van der Waals surface area contributed by atoms with Crippen LogP contribution in [-0.4, -0.2) is 32.7 Å². The maximum absolute atomic E-state index is 13.0. The van der Waals surface area contributed by atoms with Crippen molar-refractivity contribution in [3.8, 4) is 11.1 Å². The van der Waals surface area contributed by atoms with Crippen molar-refractivity contribution >= 4 is 5.91 Å². The van der Waals surface area contributed by atoms with Crippen LogP contribution in [0.2, 0.25) is 0 Å². The Labute approximate surface area is 156 Å². The molecule has 1 aliphatic heterocycles. The quantitative estimate of drug-likeness (QED) is 0.836. The molecule has 26 heavy (non-hydrogen) atoms. The molecule has 1 amide bonds. The molecule has 1 atom stereocenters. The second-order valence-electron chi connectivity index (χ2n) is 7.15. The predicted octanol–water partition coefficient (Wildman–Crippen LogP) is 3.55. The summed E-state index contributed by atoms with van der Waals surface area (Å²) < 4.78 is 5.37. The number of nitrogens with one attached hydrogen (secondary N) is 2. The molecule has 138 valence electrons. The highest BCUT2D eigenvalue weighted by Crippen LogP contribution is 2.31. The molecular weight excluding hydrogens is 324 g/mol. The standard InChI is InChI=1S/C22H28N2O2/c1-17(24-21(25)22(16-26-2)12-14-23-15-13-22)18-8-10-20(11-9-18)19-6-4-3-5-7-19/h3-11,17,23H,12-16H2,1-2H3,(H,24,25). The Hall–Kier alpha value is -2.17. The fraction of sp³-hybridized carbons (Fsp3) is 0.409. The van der Waals surface area contributed by atoms with Crippen molar-refractivity contribution in [3.63, 3.8) is 0 Å². The Kier molecular flexibility index (Phi) is 6.07. The topological polar surface area (TPSA) is 50.4 Å². The fourth-order valence-electron chi connectivity index (χ4n) is 3.65. The maximum atomic E-state index is 13.0. The summed E-state index contributed by atoms with van der Waals surface area (Å²) in [6.07, 6.45) is 1.62. The van der Waals surface area contributed by atoms with Crippen LogP contribution < -0.4 is 10.6 Å². The van der Waals surface area contributed by atoms with Gasteiger partial charge in [-0.2, -0.15) is 0 Å². The fourth-order valence-corrected chi connectivity index (χ4v) is 3.65. The van der Waals surface area contributed by atoms with Crippen molar-refractivity contribution in [2.24, 2.45) is 5.41 Å². The highest BCUT2D eigenvalue weighted by Gasteiger charge is 2.40. The number of methoxy groups -OCH3 is 1. The monoisotopic (exact) mass is 352 g/mol. The third kappa shape index (κ3) is 4.14. The second-order valence-corrected chi connectivity index (χ2v) is 7.15. The molecule has 1 saturated heterocycles. The number of amides is 1. The molecule has 0 bridgehead atoms. The molecule has 0 spiro atoms. The number of rotatable bonds is 6. The maximum Gasteiger partial charge on any atom is 0.229 e. The molecule has 1 aliphatic rings. The average Bonchev–Trinajstić information content (AvgIpc) is 2.69.